The van der Waals surface area contributed by atoms with Gasteiger partial charge in [0.15, 0.2) is 0 Å². The van der Waals surface area contributed by atoms with Crippen molar-refractivity contribution in [2.24, 2.45) is 0 Å². The van der Waals surface area contributed by atoms with Crippen LogP contribution in [0.4, 0.5) is 14.5 Å². The second-order valence-electron chi connectivity index (χ2n) is 6.58. The van der Waals surface area contributed by atoms with Crippen LogP contribution in [0.3, 0.4) is 0 Å². The van der Waals surface area contributed by atoms with Gasteiger partial charge < -0.3 is 9.72 Å². The molecule has 0 saturated heterocycles. The number of benzene rings is 2. The number of fused-ring (bicyclic) bond motifs is 1. The summed E-state index contributed by atoms with van der Waals surface area (Å²) in [6, 6.07) is 14.6. The first-order valence-corrected chi connectivity index (χ1v) is 8.78. The fraction of sp³-hybridized carbons (Fsp3) is 0.0909. The molecule has 0 bridgehead atoms. The third-order valence-electron chi connectivity index (χ3n) is 4.54. The molecule has 1 N–H and O–H groups in total. The molecule has 0 spiro atoms. The summed E-state index contributed by atoms with van der Waals surface area (Å²) in [5.41, 5.74) is 4.12. The van der Waals surface area contributed by atoms with E-state index < -0.39 is 11.6 Å². The van der Waals surface area contributed by atoms with E-state index in [1.54, 1.807) is 0 Å². The van der Waals surface area contributed by atoms with Crippen molar-refractivity contribution in [2.75, 3.05) is 5.32 Å². The smallest absolute Gasteiger partial charge is 0.228 e. The molecule has 4 aromatic rings. The molecule has 28 heavy (non-hydrogen) atoms. The molecule has 2 heterocycles. The quantitative estimate of drug-likeness (QED) is 0.557. The van der Waals surface area contributed by atoms with Gasteiger partial charge in [-0.3, -0.25) is 4.79 Å². The molecule has 2 aromatic carbocycles. The van der Waals surface area contributed by atoms with E-state index in [0.29, 0.717) is 5.69 Å². The van der Waals surface area contributed by atoms with Gasteiger partial charge in [-0.05, 0) is 42.3 Å². The van der Waals surface area contributed by atoms with Crippen molar-refractivity contribution in [1.29, 1.82) is 0 Å². The molecule has 0 aliphatic rings. The number of aryl methyl sites for hydroxylation is 1. The average Bonchev–Trinajstić information content (AvgIpc) is 3.10. The van der Waals surface area contributed by atoms with Gasteiger partial charge >= 0.3 is 0 Å². The largest absolute Gasteiger partial charge is 0.326 e. The molecular formula is C22H17F2N3O. The van der Waals surface area contributed by atoms with Crippen molar-refractivity contribution >= 4 is 17.2 Å². The Morgan fingerprint density at radius 2 is 1.96 bits per heavy atom. The van der Waals surface area contributed by atoms with Crippen LogP contribution in [0.5, 0.6) is 0 Å². The van der Waals surface area contributed by atoms with E-state index in [2.05, 4.69) is 10.3 Å². The molecule has 0 saturated carbocycles. The minimum atomic E-state index is -0.731. The zero-order valence-corrected chi connectivity index (χ0v) is 15.1. The van der Waals surface area contributed by atoms with Crippen LogP contribution in [0.1, 0.15) is 11.1 Å². The molecule has 0 atom stereocenters. The number of rotatable bonds is 4. The van der Waals surface area contributed by atoms with Gasteiger partial charge in [0, 0.05) is 29.7 Å². The summed E-state index contributed by atoms with van der Waals surface area (Å²) in [6.45, 7) is 1.88. The first-order chi connectivity index (χ1) is 13.5. The van der Waals surface area contributed by atoms with Gasteiger partial charge in [-0.2, -0.15) is 0 Å². The zero-order valence-electron chi connectivity index (χ0n) is 15.1. The number of hydrogen-bond acceptors (Lipinski definition) is 2. The third kappa shape index (κ3) is 3.62. The van der Waals surface area contributed by atoms with Gasteiger partial charge in [0.05, 0.1) is 12.1 Å². The molecule has 2 aromatic heterocycles. The Balaban J connectivity index is 1.57. The van der Waals surface area contributed by atoms with Gasteiger partial charge in [0.2, 0.25) is 5.91 Å². The highest BCUT2D eigenvalue weighted by atomic mass is 19.1. The number of nitrogens with zero attached hydrogens (tertiary/aromatic N) is 2. The van der Waals surface area contributed by atoms with Crippen LogP contribution in [0, 0.1) is 18.6 Å². The molecule has 0 aliphatic heterocycles. The number of hydrogen-bond donors (Lipinski definition) is 1. The Bertz CT molecular complexity index is 1150. The number of aromatic nitrogens is 2. The van der Waals surface area contributed by atoms with Crippen molar-refractivity contribution in [2.45, 2.75) is 13.3 Å². The molecule has 4 nitrogen and oxygen atoms in total. The van der Waals surface area contributed by atoms with Crippen molar-refractivity contribution in [3.05, 3.63) is 89.8 Å². The van der Waals surface area contributed by atoms with E-state index in [9.17, 15) is 13.6 Å². The predicted molar refractivity (Wildman–Crippen MR) is 104 cm³/mol. The number of carbonyl (C=O) groups excluding carboxylic acids is 1. The first-order valence-electron chi connectivity index (χ1n) is 8.78. The number of pyridine rings is 1. The van der Waals surface area contributed by atoms with Crippen LogP contribution in [0.2, 0.25) is 0 Å². The minimum absolute atomic E-state index is 0.146. The van der Waals surface area contributed by atoms with E-state index in [-0.39, 0.29) is 17.9 Å². The van der Waals surface area contributed by atoms with Crippen molar-refractivity contribution in [3.8, 4) is 11.3 Å². The maximum Gasteiger partial charge on any atom is 0.228 e. The SMILES string of the molecule is Cc1ccc(-c2cn3ccccc3n2)cc1NC(=O)Cc1ccc(F)cc1F. The molecule has 0 radical (unpaired) electrons. The van der Waals surface area contributed by atoms with Crippen LogP contribution >= 0.6 is 0 Å². The number of nitrogens with one attached hydrogen (secondary N) is 1. The molecule has 0 fully saturated rings. The van der Waals surface area contributed by atoms with Crippen LogP contribution in [-0.4, -0.2) is 15.3 Å². The summed E-state index contributed by atoms with van der Waals surface area (Å²) in [7, 11) is 0. The Morgan fingerprint density at radius 1 is 1.11 bits per heavy atom. The lowest BCUT2D eigenvalue weighted by atomic mass is 10.1. The van der Waals surface area contributed by atoms with Gasteiger partial charge in [-0.25, -0.2) is 13.8 Å². The maximum atomic E-state index is 13.8. The van der Waals surface area contributed by atoms with Crippen molar-refractivity contribution < 1.29 is 13.6 Å². The van der Waals surface area contributed by atoms with E-state index in [4.69, 9.17) is 0 Å². The molecular weight excluding hydrogens is 360 g/mol. The molecule has 140 valence electrons. The average molecular weight is 377 g/mol. The second kappa shape index (κ2) is 7.23. The summed E-state index contributed by atoms with van der Waals surface area (Å²) in [5, 5.41) is 2.81. The number of carbonyl (C=O) groups is 1. The molecule has 0 unspecified atom stereocenters. The molecule has 1 amide bonds. The molecule has 0 aliphatic carbocycles. The fourth-order valence-corrected chi connectivity index (χ4v) is 3.02. The lowest BCUT2D eigenvalue weighted by Gasteiger charge is -2.10. The monoisotopic (exact) mass is 377 g/mol. The third-order valence-corrected chi connectivity index (χ3v) is 4.54. The Kier molecular flexibility index (Phi) is 4.61. The summed E-state index contributed by atoms with van der Waals surface area (Å²) in [6.07, 6.45) is 3.66. The number of anilines is 1. The number of halogens is 2. The van der Waals surface area contributed by atoms with Gasteiger partial charge in [0.25, 0.3) is 0 Å². The lowest BCUT2D eigenvalue weighted by Crippen LogP contribution is -2.16. The van der Waals surface area contributed by atoms with E-state index in [1.807, 2.05) is 60.1 Å². The zero-order chi connectivity index (χ0) is 19.7. The summed E-state index contributed by atoms with van der Waals surface area (Å²) in [5.74, 6) is -1.77. The highest BCUT2D eigenvalue weighted by Gasteiger charge is 2.12. The van der Waals surface area contributed by atoms with Crippen LogP contribution in [0.25, 0.3) is 16.9 Å². The number of imidazole rings is 1. The second-order valence-corrected chi connectivity index (χ2v) is 6.58. The van der Waals surface area contributed by atoms with Crippen molar-refractivity contribution in [1.82, 2.24) is 9.38 Å². The maximum absolute atomic E-state index is 13.8. The van der Waals surface area contributed by atoms with E-state index in [1.165, 1.54) is 6.07 Å². The highest BCUT2D eigenvalue weighted by Crippen LogP contribution is 2.25. The van der Waals surface area contributed by atoms with Crippen LogP contribution in [-0.2, 0) is 11.2 Å². The topological polar surface area (TPSA) is 46.4 Å². The summed E-state index contributed by atoms with van der Waals surface area (Å²) in [4.78, 5) is 17.0. The molecule has 4 rings (SSSR count). The van der Waals surface area contributed by atoms with Gasteiger partial charge in [-0.15, -0.1) is 0 Å². The van der Waals surface area contributed by atoms with Crippen LogP contribution in [0.15, 0.2) is 67.0 Å². The lowest BCUT2D eigenvalue weighted by molar-refractivity contribution is -0.115. The fourth-order valence-electron chi connectivity index (χ4n) is 3.02. The Morgan fingerprint density at radius 3 is 2.75 bits per heavy atom. The number of amides is 1. The van der Waals surface area contributed by atoms with Gasteiger partial charge in [-0.1, -0.05) is 24.3 Å². The highest BCUT2D eigenvalue weighted by molar-refractivity contribution is 5.93. The van der Waals surface area contributed by atoms with Crippen LogP contribution < -0.4 is 5.32 Å². The van der Waals surface area contributed by atoms with E-state index in [0.717, 1.165) is 34.6 Å². The van der Waals surface area contributed by atoms with E-state index >= 15 is 0 Å². The minimum Gasteiger partial charge on any atom is -0.326 e. The molecule has 6 heteroatoms. The Labute approximate surface area is 160 Å². The van der Waals surface area contributed by atoms with Crippen molar-refractivity contribution in [3.63, 3.8) is 0 Å². The summed E-state index contributed by atoms with van der Waals surface area (Å²) >= 11 is 0. The normalized spacial score (nSPS) is 11.0. The Hall–Kier alpha value is -3.54. The summed E-state index contributed by atoms with van der Waals surface area (Å²) < 4.78 is 28.7. The standard InChI is InChI=1S/C22H17F2N3O/c1-14-5-6-16(20-13-27-9-3-2-4-21(27)25-20)10-19(14)26-22(28)11-15-7-8-17(23)12-18(15)24/h2-10,12-13H,11H2,1H3,(H,26,28). The van der Waals surface area contributed by atoms with Gasteiger partial charge in [0.1, 0.15) is 17.3 Å². The first kappa shape index (κ1) is 17.9. The predicted octanol–water partition coefficient (Wildman–Crippen LogP) is 4.77.